The Bertz CT molecular complexity index is 992. The number of likely N-dealkylation sites (tertiary alicyclic amines) is 1. The zero-order valence-corrected chi connectivity index (χ0v) is 21.2. The third-order valence-corrected chi connectivity index (χ3v) is 5.44. The van der Waals surface area contributed by atoms with Crippen LogP contribution in [-0.4, -0.2) is 51.1 Å². The van der Waals surface area contributed by atoms with Crippen LogP contribution in [0.25, 0.3) is 11.3 Å². The van der Waals surface area contributed by atoms with Crippen molar-refractivity contribution in [3.63, 3.8) is 0 Å². The Morgan fingerprint density at radius 3 is 2.39 bits per heavy atom. The molecule has 0 aliphatic carbocycles. The molecule has 1 aromatic carbocycles. The van der Waals surface area contributed by atoms with Gasteiger partial charge in [-0.2, -0.15) is 5.10 Å². The van der Waals surface area contributed by atoms with Gasteiger partial charge in [-0.25, -0.2) is 8.78 Å². The monoisotopic (exact) mass is 503 g/mol. The average molecular weight is 504 g/mol. The first kappa shape index (κ1) is 28.7. The van der Waals surface area contributed by atoms with Crippen LogP contribution in [0.2, 0.25) is 0 Å². The summed E-state index contributed by atoms with van der Waals surface area (Å²) in [4.78, 5) is 26.7. The summed E-state index contributed by atoms with van der Waals surface area (Å²) in [7, 11) is 0. The van der Waals surface area contributed by atoms with Gasteiger partial charge in [0.15, 0.2) is 0 Å². The Morgan fingerprint density at radius 1 is 1.17 bits per heavy atom. The Morgan fingerprint density at radius 2 is 1.89 bits per heavy atom. The van der Waals surface area contributed by atoms with E-state index < -0.39 is 24.4 Å². The number of nitrogens with zero attached hydrogens (tertiary/aromatic N) is 3. The number of nitrogens with one attached hydrogen (secondary N) is 2. The maximum absolute atomic E-state index is 13.7. The number of halogens is 2. The summed E-state index contributed by atoms with van der Waals surface area (Å²) >= 11 is 0. The van der Waals surface area contributed by atoms with E-state index in [0.29, 0.717) is 31.4 Å². The van der Waals surface area contributed by atoms with Gasteiger partial charge in [0.1, 0.15) is 18.3 Å². The molecule has 0 bridgehead atoms. The van der Waals surface area contributed by atoms with Crippen LogP contribution < -0.4 is 5.32 Å². The number of rotatable bonds is 7. The predicted octanol–water partition coefficient (Wildman–Crippen LogP) is 5.24. The number of benzene rings is 1. The summed E-state index contributed by atoms with van der Waals surface area (Å²) in [6.07, 6.45) is 3.47. The van der Waals surface area contributed by atoms with Crippen LogP contribution in [0, 0.1) is 5.92 Å². The van der Waals surface area contributed by atoms with Crippen molar-refractivity contribution in [3.05, 3.63) is 60.6 Å². The SMILES string of the molecule is CC.CC(C)CC(=O)N1CCCC1C(=O)NC(c1ccc(-c2ccn[nH]2)cc1)C(F)F.c1cnoc1. The summed E-state index contributed by atoms with van der Waals surface area (Å²) in [5.74, 6) is -0.452. The lowest BCUT2D eigenvalue weighted by atomic mass is 10.0. The van der Waals surface area contributed by atoms with Gasteiger partial charge in [0.05, 0.1) is 11.9 Å². The fourth-order valence-electron chi connectivity index (χ4n) is 3.81. The van der Waals surface area contributed by atoms with Crippen LogP contribution in [-0.2, 0) is 9.59 Å². The van der Waals surface area contributed by atoms with E-state index in [4.69, 9.17) is 0 Å². The number of H-pyrrole nitrogens is 1. The molecule has 0 saturated carbocycles. The fourth-order valence-corrected chi connectivity index (χ4v) is 3.81. The van der Waals surface area contributed by atoms with E-state index in [-0.39, 0.29) is 11.8 Å². The smallest absolute Gasteiger partial charge is 0.262 e. The number of amides is 2. The third-order valence-electron chi connectivity index (χ3n) is 5.44. The first-order chi connectivity index (χ1) is 17.4. The molecule has 0 radical (unpaired) electrons. The largest absolute Gasteiger partial charge is 0.365 e. The summed E-state index contributed by atoms with van der Waals surface area (Å²) < 4.78 is 31.8. The molecule has 1 fully saturated rings. The van der Waals surface area contributed by atoms with E-state index >= 15 is 0 Å². The van der Waals surface area contributed by atoms with Gasteiger partial charge in [0.2, 0.25) is 11.8 Å². The molecule has 1 saturated heterocycles. The standard InChI is InChI=1S/C21H26F2N4O2.C3H3NO.C2H6/c1-13(2)12-18(28)27-11-3-4-17(27)21(29)25-19(20(22)23)15-7-5-14(6-8-15)16-9-10-24-26-16;1-2-4-5-3-1;1-2/h5-10,13,17,19-20H,3-4,11-12H2,1-2H3,(H,24,26)(H,25,29);1-3H;1-2H3. The summed E-state index contributed by atoms with van der Waals surface area (Å²) in [6.45, 7) is 8.35. The molecule has 4 rings (SSSR count). The molecule has 2 aromatic heterocycles. The van der Waals surface area contributed by atoms with Gasteiger partial charge in [-0.05, 0) is 42.0 Å². The van der Waals surface area contributed by atoms with Crippen molar-refractivity contribution in [2.24, 2.45) is 5.92 Å². The Balaban J connectivity index is 0.000000570. The molecule has 36 heavy (non-hydrogen) atoms. The maximum Gasteiger partial charge on any atom is 0.262 e. The molecule has 3 heterocycles. The van der Waals surface area contributed by atoms with Crippen molar-refractivity contribution in [1.29, 1.82) is 0 Å². The van der Waals surface area contributed by atoms with Crippen LogP contribution in [0.15, 0.2) is 59.6 Å². The van der Waals surface area contributed by atoms with Gasteiger partial charge in [-0.3, -0.25) is 14.7 Å². The first-order valence-electron chi connectivity index (χ1n) is 12.2. The number of aromatic amines is 1. The molecule has 1 aliphatic heterocycles. The Hall–Kier alpha value is -3.56. The number of hydrogen-bond donors (Lipinski definition) is 2. The van der Waals surface area contributed by atoms with Crippen molar-refractivity contribution in [3.8, 4) is 11.3 Å². The highest BCUT2D eigenvalue weighted by atomic mass is 19.3. The summed E-state index contributed by atoms with van der Waals surface area (Å²) in [5.41, 5.74) is 1.90. The second-order valence-electron chi connectivity index (χ2n) is 8.44. The van der Waals surface area contributed by atoms with Gasteiger partial charge in [-0.15, -0.1) is 0 Å². The minimum Gasteiger partial charge on any atom is -0.365 e. The molecule has 1 aliphatic rings. The van der Waals surface area contributed by atoms with E-state index in [9.17, 15) is 18.4 Å². The minimum atomic E-state index is -2.77. The van der Waals surface area contributed by atoms with Crippen LogP contribution in [0.4, 0.5) is 8.78 Å². The molecule has 196 valence electrons. The molecule has 2 unspecified atom stereocenters. The molecule has 8 nitrogen and oxygen atoms in total. The molecular weight excluding hydrogens is 468 g/mol. The van der Waals surface area contributed by atoms with Gasteiger partial charge < -0.3 is 14.7 Å². The second-order valence-corrected chi connectivity index (χ2v) is 8.44. The average Bonchev–Trinajstić information content (AvgIpc) is 3.67. The minimum absolute atomic E-state index is 0.102. The highest BCUT2D eigenvalue weighted by Gasteiger charge is 2.36. The highest BCUT2D eigenvalue weighted by molar-refractivity contribution is 5.88. The molecular formula is C26H35F2N5O3. The maximum atomic E-state index is 13.7. The predicted molar refractivity (Wildman–Crippen MR) is 133 cm³/mol. The van der Waals surface area contributed by atoms with Gasteiger partial charge in [0, 0.05) is 19.2 Å². The third kappa shape index (κ3) is 8.28. The van der Waals surface area contributed by atoms with Crippen LogP contribution in [0.1, 0.15) is 58.6 Å². The molecule has 10 heteroatoms. The van der Waals surface area contributed by atoms with Gasteiger partial charge >= 0.3 is 0 Å². The molecule has 3 aromatic rings. The molecule has 2 atom stereocenters. The normalized spacial score (nSPS) is 15.6. The second kappa shape index (κ2) is 14.8. The molecule has 0 spiro atoms. The highest BCUT2D eigenvalue weighted by Crippen LogP contribution is 2.26. The van der Waals surface area contributed by atoms with Crippen LogP contribution >= 0.6 is 0 Å². The van der Waals surface area contributed by atoms with Gasteiger partial charge in [0.25, 0.3) is 6.43 Å². The van der Waals surface area contributed by atoms with E-state index in [1.54, 1.807) is 48.8 Å². The topological polar surface area (TPSA) is 104 Å². The van der Waals surface area contributed by atoms with E-state index in [1.165, 1.54) is 11.2 Å². The lowest BCUT2D eigenvalue weighted by molar-refractivity contribution is -0.139. The van der Waals surface area contributed by atoms with Crippen LogP contribution in [0.3, 0.4) is 0 Å². The van der Waals surface area contributed by atoms with E-state index in [0.717, 1.165) is 11.3 Å². The first-order valence-corrected chi connectivity index (χ1v) is 12.2. The lowest BCUT2D eigenvalue weighted by Crippen LogP contribution is -2.48. The van der Waals surface area contributed by atoms with Crippen molar-refractivity contribution < 1.29 is 22.9 Å². The summed E-state index contributed by atoms with van der Waals surface area (Å²) in [5, 5.41) is 12.5. The van der Waals surface area contributed by atoms with Crippen molar-refractivity contribution in [1.82, 2.24) is 25.6 Å². The van der Waals surface area contributed by atoms with Crippen molar-refractivity contribution in [2.45, 2.75) is 65.5 Å². The zero-order chi connectivity index (χ0) is 26.5. The molecule has 2 amide bonds. The number of aromatic nitrogens is 3. The van der Waals surface area contributed by atoms with Crippen LogP contribution in [0.5, 0.6) is 0 Å². The number of alkyl halides is 2. The zero-order valence-electron chi connectivity index (χ0n) is 21.2. The van der Waals surface area contributed by atoms with E-state index in [2.05, 4.69) is 25.2 Å². The Labute approximate surface area is 210 Å². The van der Waals surface area contributed by atoms with E-state index in [1.807, 2.05) is 27.7 Å². The number of carbonyl (C=O) groups excluding carboxylic acids is 2. The number of carbonyl (C=O) groups is 2. The van der Waals surface area contributed by atoms with Gasteiger partial charge in [-0.1, -0.05) is 57.1 Å². The van der Waals surface area contributed by atoms with Crippen molar-refractivity contribution >= 4 is 11.8 Å². The van der Waals surface area contributed by atoms with Crippen molar-refractivity contribution in [2.75, 3.05) is 6.54 Å². The fraction of sp³-hybridized carbons (Fsp3) is 0.462. The Kier molecular flexibility index (Phi) is 11.7. The lowest BCUT2D eigenvalue weighted by Gasteiger charge is -2.27. The number of hydrogen-bond acceptors (Lipinski definition) is 5. The summed E-state index contributed by atoms with van der Waals surface area (Å²) in [6, 6.07) is 7.95. The molecule has 2 N–H and O–H groups in total. The quantitative estimate of drug-likeness (QED) is 0.459.